The Labute approximate surface area is 173 Å². The van der Waals surface area contributed by atoms with Gasteiger partial charge in [-0.1, -0.05) is 83.1 Å². The summed E-state index contributed by atoms with van der Waals surface area (Å²) in [5, 5.41) is 0. The summed E-state index contributed by atoms with van der Waals surface area (Å²) in [5.41, 5.74) is 2.81. The van der Waals surface area contributed by atoms with E-state index in [4.69, 9.17) is 9.47 Å². The summed E-state index contributed by atoms with van der Waals surface area (Å²) in [6.07, 6.45) is 16.9. The van der Waals surface area contributed by atoms with Gasteiger partial charge in [-0.25, -0.2) is 0 Å². The summed E-state index contributed by atoms with van der Waals surface area (Å²) >= 11 is 0. The molecule has 0 radical (unpaired) electrons. The van der Waals surface area contributed by atoms with Gasteiger partial charge in [0.2, 0.25) is 0 Å². The molecule has 0 N–H and O–H groups in total. The summed E-state index contributed by atoms with van der Waals surface area (Å²) < 4.78 is 12.0. The van der Waals surface area contributed by atoms with Crippen LogP contribution in [0, 0.1) is 5.92 Å². The number of hydrogen-bond donors (Lipinski definition) is 0. The third-order valence-corrected chi connectivity index (χ3v) is 6.92. The van der Waals surface area contributed by atoms with E-state index in [1.807, 2.05) is 0 Å². The van der Waals surface area contributed by atoms with Crippen LogP contribution in [-0.2, 0) is 9.47 Å². The fourth-order valence-corrected chi connectivity index (χ4v) is 5.03. The van der Waals surface area contributed by atoms with Crippen molar-refractivity contribution >= 4 is 0 Å². The minimum absolute atomic E-state index is 0.116. The maximum Gasteiger partial charge on any atom is 0.106 e. The molecular weight excluding hydrogens is 344 g/mol. The van der Waals surface area contributed by atoms with Gasteiger partial charge >= 0.3 is 0 Å². The van der Waals surface area contributed by atoms with Gasteiger partial charge in [0.1, 0.15) is 6.10 Å². The van der Waals surface area contributed by atoms with E-state index in [-0.39, 0.29) is 6.10 Å². The molecule has 1 aliphatic carbocycles. The molecule has 1 heterocycles. The van der Waals surface area contributed by atoms with Gasteiger partial charge in [0.05, 0.1) is 19.3 Å². The van der Waals surface area contributed by atoms with E-state index in [9.17, 15) is 0 Å². The third kappa shape index (κ3) is 6.59. The smallest absolute Gasteiger partial charge is 0.106 e. The second-order valence-corrected chi connectivity index (χ2v) is 9.15. The molecule has 2 fully saturated rings. The number of hydrogen-bond acceptors (Lipinski definition) is 2. The van der Waals surface area contributed by atoms with Crippen LogP contribution in [0.3, 0.4) is 0 Å². The van der Waals surface area contributed by atoms with Crippen LogP contribution in [0.2, 0.25) is 0 Å². The average Bonchev–Trinajstić information content (AvgIpc) is 2.75. The van der Waals surface area contributed by atoms with Crippen molar-refractivity contribution in [1.29, 1.82) is 0 Å². The first-order valence-corrected chi connectivity index (χ1v) is 12.1. The van der Waals surface area contributed by atoms with Crippen molar-refractivity contribution < 1.29 is 9.47 Å². The average molecular weight is 387 g/mol. The zero-order chi connectivity index (χ0) is 19.6. The van der Waals surface area contributed by atoms with Crippen LogP contribution < -0.4 is 0 Å². The highest BCUT2D eigenvalue weighted by Gasteiger charge is 2.25. The highest BCUT2D eigenvalue weighted by Crippen LogP contribution is 2.38. The second-order valence-electron chi connectivity index (χ2n) is 9.15. The zero-order valence-electron chi connectivity index (χ0n) is 18.3. The lowest BCUT2D eigenvalue weighted by Gasteiger charge is -2.31. The maximum absolute atomic E-state index is 6.07. The molecular formula is C26H42O2. The molecule has 0 aromatic heterocycles. The van der Waals surface area contributed by atoms with Gasteiger partial charge in [-0.15, -0.1) is 0 Å². The van der Waals surface area contributed by atoms with Gasteiger partial charge in [0.25, 0.3) is 0 Å². The molecule has 158 valence electrons. The van der Waals surface area contributed by atoms with E-state index in [0.29, 0.717) is 12.7 Å². The van der Waals surface area contributed by atoms with Crippen LogP contribution in [0.1, 0.15) is 114 Å². The first kappa shape index (κ1) is 21.8. The van der Waals surface area contributed by atoms with Gasteiger partial charge in [-0.2, -0.15) is 0 Å². The Morgan fingerprint density at radius 1 is 0.714 bits per heavy atom. The molecule has 0 spiro atoms. The second kappa shape index (κ2) is 12.0. The summed E-state index contributed by atoms with van der Waals surface area (Å²) in [4.78, 5) is 0. The van der Waals surface area contributed by atoms with E-state index in [1.165, 1.54) is 75.3 Å². The van der Waals surface area contributed by atoms with Crippen LogP contribution in [0.5, 0.6) is 0 Å². The number of benzene rings is 1. The van der Waals surface area contributed by atoms with Crippen molar-refractivity contribution in [3.05, 3.63) is 35.4 Å². The molecule has 1 saturated carbocycles. The van der Waals surface area contributed by atoms with Crippen molar-refractivity contribution in [3.63, 3.8) is 0 Å². The van der Waals surface area contributed by atoms with Crippen LogP contribution in [0.25, 0.3) is 0 Å². The molecule has 2 aliphatic rings. The number of rotatable bonds is 10. The Balaban J connectivity index is 1.39. The molecule has 0 amide bonds. The third-order valence-electron chi connectivity index (χ3n) is 6.92. The summed E-state index contributed by atoms with van der Waals surface area (Å²) in [6.45, 7) is 5.94. The molecule has 0 unspecified atom stereocenters. The van der Waals surface area contributed by atoms with Crippen molar-refractivity contribution in [1.82, 2.24) is 0 Å². The Morgan fingerprint density at radius 3 is 2.07 bits per heavy atom. The Morgan fingerprint density at radius 2 is 1.43 bits per heavy atom. The minimum atomic E-state index is 0.116. The van der Waals surface area contributed by atoms with E-state index in [0.717, 1.165) is 31.3 Å². The summed E-state index contributed by atoms with van der Waals surface area (Å²) in [5.74, 6) is 1.75. The first-order valence-electron chi connectivity index (χ1n) is 12.1. The molecule has 3 rings (SSSR count). The van der Waals surface area contributed by atoms with Crippen LogP contribution >= 0.6 is 0 Å². The largest absolute Gasteiger partial charge is 0.373 e. The molecule has 1 aliphatic heterocycles. The van der Waals surface area contributed by atoms with Gasteiger partial charge in [0, 0.05) is 0 Å². The lowest BCUT2D eigenvalue weighted by molar-refractivity contribution is -0.137. The van der Waals surface area contributed by atoms with Gasteiger partial charge in [-0.05, 0) is 55.1 Å². The molecule has 1 aromatic rings. The van der Waals surface area contributed by atoms with Gasteiger partial charge < -0.3 is 9.47 Å². The van der Waals surface area contributed by atoms with Crippen molar-refractivity contribution in [3.8, 4) is 0 Å². The normalized spacial score (nSPS) is 28.4. The van der Waals surface area contributed by atoms with E-state index < -0.39 is 0 Å². The monoisotopic (exact) mass is 386 g/mol. The first-order chi connectivity index (χ1) is 13.8. The lowest BCUT2D eigenvalue weighted by Crippen LogP contribution is -2.30. The molecule has 2 atom stereocenters. The SMILES string of the molecule is CCCCCCCC1CCC(c2ccc([C@@H]3CO[C@@H](CCC)CO3)cc2)CC1. The molecule has 1 aromatic carbocycles. The maximum atomic E-state index is 6.07. The molecule has 2 heteroatoms. The quantitative estimate of drug-likeness (QED) is 0.386. The van der Waals surface area contributed by atoms with E-state index in [2.05, 4.69) is 38.1 Å². The highest BCUT2D eigenvalue weighted by molar-refractivity contribution is 5.27. The molecule has 2 nitrogen and oxygen atoms in total. The fraction of sp³-hybridized carbons (Fsp3) is 0.769. The topological polar surface area (TPSA) is 18.5 Å². The fourth-order valence-electron chi connectivity index (χ4n) is 5.03. The van der Waals surface area contributed by atoms with Crippen molar-refractivity contribution in [2.24, 2.45) is 5.92 Å². The zero-order valence-corrected chi connectivity index (χ0v) is 18.3. The molecule has 28 heavy (non-hydrogen) atoms. The Bertz CT molecular complexity index is 522. The lowest BCUT2D eigenvalue weighted by atomic mass is 9.77. The van der Waals surface area contributed by atoms with Crippen molar-refractivity contribution in [2.75, 3.05) is 13.2 Å². The highest BCUT2D eigenvalue weighted by atomic mass is 16.6. The van der Waals surface area contributed by atoms with Crippen molar-refractivity contribution in [2.45, 2.75) is 109 Å². The molecule has 0 bridgehead atoms. The number of ether oxygens (including phenoxy) is 2. The standard InChI is InChI=1S/C26H42O2/c1-3-5-6-7-8-10-21-11-13-22(14-12-21)23-15-17-24(18-16-23)26-20-27-25(9-4-2)19-28-26/h15-18,21-22,25-26H,3-14,19-20H2,1-2H3/t21?,22?,25-,26-/m0/s1. The van der Waals surface area contributed by atoms with E-state index in [1.54, 1.807) is 0 Å². The minimum Gasteiger partial charge on any atom is -0.373 e. The summed E-state index contributed by atoms with van der Waals surface area (Å²) in [6, 6.07) is 9.27. The van der Waals surface area contributed by atoms with Crippen LogP contribution in [0.4, 0.5) is 0 Å². The Hall–Kier alpha value is -0.860. The van der Waals surface area contributed by atoms with Gasteiger partial charge in [-0.3, -0.25) is 0 Å². The Kier molecular flexibility index (Phi) is 9.34. The van der Waals surface area contributed by atoms with Crippen LogP contribution in [0.15, 0.2) is 24.3 Å². The predicted molar refractivity (Wildman–Crippen MR) is 118 cm³/mol. The van der Waals surface area contributed by atoms with Gasteiger partial charge in [0.15, 0.2) is 0 Å². The van der Waals surface area contributed by atoms with E-state index >= 15 is 0 Å². The summed E-state index contributed by atoms with van der Waals surface area (Å²) in [7, 11) is 0. The number of unbranched alkanes of at least 4 members (excludes halogenated alkanes) is 4. The molecule has 1 saturated heterocycles. The predicted octanol–water partition coefficient (Wildman–Crippen LogP) is 7.58. The van der Waals surface area contributed by atoms with Crippen LogP contribution in [-0.4, -0.2) is 19.3 Å².